The molecule has 0 unspecified atom stereocenters. The van der Waals surface area contributed by atoms with Crippen molar-refractivity contribution in [3.63, 3.8) is 0 Å². The van der Waals surface area contributed by atoms with E-state index in [0.29, 0.717) is 45.1 Å². The van der Waals surface area contributed by atoms with Gasteiger partial charge >= 0.3 is 5.97 Å². The number of unbranched alkanes of at least 4 members (excludes halogenated alkanes) is 2. The SMILES string of the molecule is CC[C@H](C)[C@@H]([C@@H](CC(=O)N1CCC[C@H]1[C@H](OC)[C@@H](C)C(=O)N[C@@H](Cc1ccccc1)C(=O)O)OC)N(C)[C@H](C(=O)NC(=O)C(C)(C)N(C)C(=O)CCCCCN1C(=O)C=CC1=O)C(C)C. The predicted octanol–water partition coefficient (Wildman–Crippen LogP) is 3.58. The number of hydrogen-bond donors (Lipinski definition) is 3. The molecule has 0 aliphatic carbocycles. The molecule has 7 amide bonds. The highest BCUT2D eigenvalue weighted by atomic mass is 16.5. The second kappa shape index (κ2) is 25.1. The van der Waals surface area contributed by atoms with Crippen molar-refractivity contribution in [1.82, 2.24) is 30.2 Å². The summed E-state index contributed by atoms with van der Waals surface area (Å²) >= 11 is 0. The quantitative estimate of drug-likeness (QED) is 0.0900. The van der Waals surface area contributed by atoms with E-state index in [1.54, 1.807) is 57.0 Å². The Morgan fingerprint density at radius 1 is 0.908 bits per heavy atom. The Balaban J connectivity index is 1.70. The van der Waals surface area contributed by atoms with Crippen molar-refractivity contribution in [2.75, 3.05) is 41.4 Å². The van der Waals surface area contributed by atoms with Crippen LogP contribution in [0.25, 0.3) is 0 Å². The Kier molecular flexibility index (Phi) is 20.9. The lowest BCUT2D eigenvalue weighted by atomic mass is 9.87. The van der Waals surface area contributed by atoms with Crippen LogP contribution in [0.4, 0.5) is 0 Å². The Morgan fingerprint density at radius 3 is 2.09 bits per heavy atom. The van der Waals surface area contributed by atoms with Gasteiger partial charge in [-0.3, -0.25) is 48.7 Å². The second-order valence-electron chi connectivity index (χ2n) is 18.4. The standard InChI is InChI=1S/C48H74N6O11/c1-12-31(4)42(51(8)41(30(2)3)45(60)50-47(63)48(6,7)52(9)37(55)23-17-14-18-26-54-38(56)24-25-39(54)57)36(64-10)29-40(58)53-27-19-22-35(53)43(65-11)32(5)44(59)49-34(46(61)62)28-33-20-15-13-16-21-33/h13,15-16,20-21,24-25,30-32,34-36,41-43H,12,14,17-19,22-23,26-29H2,1-11H3,(H,49,59)(H,61,62)(H,50,60,63)/t31-,32+,34-,35-,36+,41-,42-,43+/m0/s1. The summed E-state index contributed by atoms with van der Waals surface area (Å²) in [5.41, 5.74) is -0.630. The number of amides is 7. The van der Waals surface area contributed by atoms with Gasteiger partial charge in [0, 0.05) is 65.4 Å². The zero-order valence-electron chi connectivity index (χ0n) is 40.3. The Morgan fingerprint density at radius 2 is 1.54 bits per heavy atom. The van der Waals surface area contributed by atoms with E-state index in [9.17, 15) is 43.5 Å². The van der Waals surface area contributed by atoms with E-state index in [1.165, 1.54) is 38.3 Å². The summed E-state index contributed by atoms with van der Waals surface area (Å²) in [6, 6.07) is 6.12. The molecule has 0 radical (unpaired) electrons. The molecule has 2 aliphatic heterocycles. The first-order valence-electron chi connectivity index (χ1n) is 22.9. The average Bonchev–Trinajstić information content (AvgIpc) is 3.88. The van der Waals surface area contributed by atoms with E-state index in [1.807, 2.05) is 38.7 Å². The fraction of sp³-hybridized carbons (Fsp3) is 0.667. The number of benzene rings is 1. The third-order valence-corrected chi connectivity index (χ3v) is 13.3. The van der Waals surface area contributed by atoms with E-state index >= 15 is 0 Å². The molecule has 17 nitrogen and oxygen atoms in total. The van der Waals surface area contributed by atoms with Crippen molar-refractivity contribution in [2.45, 2.75) is 148 Å². The lowest BCUT2D eigenvalue weighted by Gasteiger charge is -2.43. The number of carboxylic acids is 1. The highest BCUT2D eigenvalue weighted by molar-refractivity contribution is 6.12. The van der Waals surface area contributed by atoms with Gasteiger partial charge in [-0.25, -0.2) is 4.79 Å². The van der Waals surface area contributed by atoms with Crippen LogP contribution in [0.2, 0.25) is 0 Å². The molecule has 17 heteroatoms. The summed E-state index contributed by atoms with van der Waals surface area (Å²) in [5.74, 6) is -5.23. The summed E-state index contributed by atoms with van der Waals surface area (Å²) < 4.78 is 12.0. The number of nitrogens with one attached hydrogen (secondary N) is 2. The van der Waals surface area contributed by atoms with Crippen LogP contribution >= 0.6 is 0 Å². The van der Waals surface area contributed by atoms with Crippen molar-refractivity contribution in [2.24, 2.45) is 17.8 Å². The van der Waals surface area contributed by atoms with Crippen LogP contribution in [0.5, 0.6) is 0 Å². The van der Waals surface area contributed by atoms with E-state index in [0.717, 1.165) is 10.5 Å². The first-order chi connectivity index (χ1) is 30.6. The summed E-state index contributed by atoms with van der Waals surface area (Å²) in [7, 11) is 6.31. The number of nitrogens with zero attached hydrogens (tertiary/aromatic N) is 4. The van der Waals surface area contributed by atoms with Crippen LogP contribution in [0.1, 0.15) is 105 Å². The number of carboxylic acid groups (broad SMARTS) is 1. The van der Waals surface area contributed by atoms with Gasteiger partial charge in [-0.15, -0.1) is 0 Å². The summed E-state index contributed by atoms with van der Waals surface area (Å²) in [6.45, 7) is 13.3. The molecule has 0 saturated carbocycles. The number of aliphatic carboxylic acids is 1. The minimum absolute atomic E-state index is 0.0431. The van der Waals surface area contributed by atoms with Crippen LogP contribution in [-0.4, -0.2) is 155 Å². The molecule has 2 heterocycles. The van der Waals surface area contributed by atoms with Gasteiger partial charge in [0.05, 0.1) is 36.6 Å². The Hall–Kier alpha value is -5.00. The maximum absolute atomic E-state index is 14.3. The molecule has 0 bridgehead atoms. The van der Waals surface area contributed by atoms with Crippen molar-refractivity contribution in [1.29, 1.82) is 0 Å². The molecular weight excluding hydrogens is 837 g/mol. The summed E-state index contributed by atoms with van der Waals surface area (Å²) in [6.07, 6.45) is 4.79. The van der Waals surface area contributed by atoms with Crippen LogP contribution in [0.15, 0.2) is 42.5 Å². The van der Waals surface area contributed by atoms with Gasteiger partial charge in [-0.1, -0.05) is 77.8 Å². The monoisotopic (exact) mass is 911 g/mol. The van der Waals surface area contributed by atoms with Gasteiger partial charge in [-0.2, -0.15) is 0 Å². The van der Waals surface area contributed by atoms with E-state index < -0.39 is 71.5 Å². The van der Waals surface area contributed by atoms with Crippen molar-refractivity contribution in [3.05, 3.63) is 48.0 Å². The minimum Gasteiger partial charge on any atom is -0.480 e. The van der Waals surface area contributed by atoms with Gasteiger partial charge in [0.1, 0.15) is 11.6 Å². The van der Waals surface area contributed by atoms with Crippen molar-refractivity contribution >= 4 is 47.3 Å². The van der Waals surface area contributed by atoms with Gasteiger partial charge < -0.3 is 29.7 Å². The number of rotatable bonds is 26. The first kappa shape index (κ1) is 54.3. The fourth-order valence-corrected chi connectivity index (χ4v) is 9.03. The number of methoxy groups -OCH3 is 2. The molecule has 0 spiro atoms. The van der Waals surface area contributed by atoms with Crippen LogP contribution < -0.4 is 10.6 Å². The lowest BCUT2D eigenvalue weighted by Crippen LogP contribution is -2.62. The molecule has 1 saturated heterocycles. The molecule has 1 aromatic carbocycles. The van der Waals surface area contributed by atoms with Gasteiger partial charge in [0.2, 0.25) is 23.6 Å². The maximum atomic E-state index is 14.3. The molecule has 362 valence electrons. The fourth-order valence-electron chi connectivity index (χ4n) is 9.03. The summed E-state index contributed by atoms with van der Waals surface area (Å²) in [5, 5.41) is 15.2. The normalized spacial score (nSPS) is 18.6. The number of carbonyl (C=O) groups excluding carboxylic acids is 7. The molecule has 65 heavy (non-hydrogen) atoms. The van der Waals surface area contributed by atoms with E-state index in [2.05, 4.69) is 10.6 Å². The largest absolute Gasteiger partial charge is 0.480 e. The van der Waals surface area contributed by atoms with Gasteiger partial charge in [0.25, 0.3) is 17.7 Å². The average molecular weight is 911 g/mol. The predicted molar refractivity (Wildman–Crippen MR) is 244 cm³/mol. The van der Waals surface area contributed by atoms with Gasteiger partial charge in [0.15, 0.2) is 0 Å². The van der Waals surface area contributed by atoms with E-state index in [4.69, 9.17) is 9.47 Å². The smallest absolute Gasteiger partial charge is 0.326 e. The van der Waals surface area contributed by atoms with Crippen molar-refractivity contribution < 1.29 is 52.9 Å². The number of ether oxygens (including phenoxy) is 2. The third kappa shape index (κ3) is 14.2. The first-order valence-corrected chi connectivity index (χ1v) is 22.9. The number of hydrogen-bond acceptors (Lipinski definition) is 11. The number of likely N-dealkylation sites (tertiary alicyclic amines) is 1. The molecule has 3 N–H and O–H groups in total. The molecule has 1 aromatic rings. The van der Waals surface area contributed by atoms with Crippen LogP contribution in [0.3, 0.4) is 0 Å². The molecule has 0 aromatic heterocycles. The number of carbonyl (C=O) groups is 8. The molecule has 2 aliphatic rings. The topological polar surface area (TPSA) is 212 Å². The van der Waals surface area contributed by atoms with Crippen LogP contribution in [0, 0.1) is 17.8 Å². The molecular formula is C48H74N6O11. The maximum Gasteiger partial charge on any atom is 0.326 e. The van der Waals surface area contributed by atoms with Crippen LogP contribution in [-0.2, 0) is 54.3 Å². The zero-order chi connectivity index (χ0) is 48.8. The number of likely N-dealkylation sites (N-methyl/N-ethyl adjacent to an activating group) is 2. The second-order valence-corrected chi connectivity index (χ2v) is 18.4. The van der Waals surface area contributed by atoms with Crippen molar-refractivity contribution in [3.8, 4) is 0 Å². The zero-order valence-corrected chi connectivity index (χ0v) is 40.3. The lowest BCUT2D eigenvalue weighted by molar-refractivity contribution is -0.148. The molecule has 3 rings (SSSR count). The highest BCUT2D eigenvalue weighted by Gasteiger charge is 2.44. The Bertz CT molecular complexity index is 1840. The molecule has 8 atom stereocenters. The third-order valence-electron chi connectivity index (χ3n) is 13.3. The molecule has 1 fully saturated rings. The number of imide groups is 2. The highest BCUT2D eigenvalue weighted by Crippen LogP contribution is 2.31. The Labute approximate surface area is 385 Å². The minimum atomic E-state index is -1.39. The summed E-state index contributed by atoms with van der Waals surface area (Å²) in [4.78, 5) is 111. The van der Waals surface area contributed by atoms with E-state index in [-0.39, 0.29) is 61.3 Å². The van der Waals surface area contributed by atoms with Gasteiger partial charge in [-0.05, 0) is 64.0 Å².